The molecular formula is C6H8BrF6N. The lowest BCUT2D eigenvalue weighted by Gasteiger charge is -2.33. The van der Waals surface area contributed by atoms with Gasteiger partial charge in [-0.2, -0.15) is 26.3 Å². The summed E-state index contributed by atoms with van der Waals surface area (Å²) >= 11 is 2.68. The van der Waals surface area contributed by atoms with Crippen LogP contribution in [0.5, 0.6) is 0 Å². The Bertz CT molecular complexity index is 172. The van der Waals surface area contributed by atoms with E-state index in [1.807, 2.05) is 0 Å². The van der Waals surface area contributed by atoms with E-state index in [0.717, 1.165) is 6.92 Å². The summed E-state index contributed by atoms with van der Waals surface area (Å²) in [5, 5.41) is 0. The molecule has 0 aliphatic carbocycles. The summed E-state index contributed by atoms with van der Waals surface area (Å²) in [6.07, 6.45) is -10.8. The van der Waals surface area contributed by atoms with Crippen molar-refractivity contribution in [2.24, 2.45) is 0 Å². The lowest BCUT2D eigenvalue weighted by atomic mass is 10.2. The Labute approximate surface area is 85.2 Å². The number of alkyl halides is 7. The first kappa shape index (κ1) is 14.0. The van der Waals surface area contributed by atoms with Gasteiger partial charge in [-0.1, -0.05) is 22.9 Å². The zero-order valence-corrected chi connectivity index (χ0v) is 8.83. The molecule has 0 aromatic rings. The zero-order chi connectivity index (χ0) is 11.7. The maximum Gasteiger partial charge on any atom is 0.467 e. The van der Waals surface area contributed by atoms with Crippen LogP contribution < -0.4 is 0 Å². The van der Waals surface area contributed by atoms with Gasteiger partial charge in [0.05, 0.1) is 0 Å². The molecule has 0 aliphatic rings. The molecule has 0 aromatic carbocycles. The smallest absolute Gasteiger partial charge is 0.155 e. The second-order valence-electron chi connectivity index (χ2n) is 2.72. The first-order valence-corrected chi connectivity index (χ1v) is 4.46. The van der Waals surface area contributed by atoms with E-state index in [2.05, 4.69) is 15.9 Å². The predicted octanol–water partition coefficient (Wildman–Crippen LogP) is 3.50. The highest BCUT2D eigenvalue weighted by molar-refractivity contribution is 9.09. The topological polar surface area (TPSA) is 3.24 Å². The minimum absolute atomic E-state index is 0.848. The van der Waals surface area contributed by atoms with E-state index in [9.17, 15) is 26.3 Å². The van der Waals surface area contributed by atoms with Crippen molar-refractivity contribution in [1.82, 2.24) is 4.90 Å². The number of hydrogen-bond acceptors (Lipinski definition) is 1. The molecule has 0 amide bonds. The highest BCUT2D eigenvalue weighted by Gasteiger charge is 2.56. The van der Waals surface area contributed by atoms with Gasteiger partial charge >= 0.3 is 12.6 Å². The van der Waals surface area contributed by atoms with Gasteiger partial charge in [0.15, 0.2) is 0 Å². The molecule has 0 fully saturated rings. The van der Waals surface area contributed by atoms with Crippen molar-refractivity contribution >= 4 is 15.9 Å². The molecule has 0 spiro atoms. The molecule has 0 saturated carbocycles. The van der Waals surface area contributed by atoms with Crippen molar-refractivity contribution in [2.75, 3.05) is 0 Å². The normalized spacial score (nSPS) is 18.4. The van der Waals surface area contributed by atoms with Crippen molar-refractivity contribution in [2.45, 2.75) is 37.3 Å². The fourth-order valence-corrected chi connectivity index (χ4v) is 1.05. The Kier molecular flexibility index (Phi) is 4.26. The fraction of sp³-hybridized carbons (Fsp3) is 1.00. The molecule has 0 rings (SSSR count). The van der Waals surface area contributed by atoms with E-state index < -0.39 is 28.4 Å². The summed E-state index contributed by atoms with van der Waals surface area (Å²) < 4.78 is 72.1. The van der Waals surface area contributed by atoms with Gasteiger partial charge in [-0.3, -0.25) is 0 Å². The van der Waals surface area contributed by atoms with E-state index in [4.69, 9.17) is 0 Å². The lowest BCUT2D eigenvalue weighted by Crippen LogP contribution is -2.55. The first-order valence-electron chi connectivity index (χ1n) is 3.55. The molecule has 0 aromatic heterocycles. The van der Waals surface area contributed by atoms with Crippen LogP contribution in [0.25, 0.3) is 0 Å². The lowest BCUT2D eigenvalue weighted by molar-refractivity contribution is -0.383. The molecule has 0 unspecified atom stereocenters. The Hall–Kier alpha value is 0.0200. The van der Waals surface area contributed by atoms with Gasteiger partial charge in [0.2, 0.25) is 0 Å². The third-order valence-electron chi connectivity index (χ3n) is 1.62. The fourth-order valence-electron chi connectivity index (χ4n) is 0.811. The summed E-state index contributed by atoms with van der Waals surface area (Å²) in [5.74, 6) is 0. The molecular weight excluding hydrogens is 280 g/mol. The van der Waals surface area contributed by atoms with Gasteiger partial charge < -0.3 is 0 Å². The Morgan fingerprint density at radius 3 is 1.29 bits per heavy atom. The highest BCUT2D eigenvalue weighted by Crippen LogP contribution is 2.37. The average Bonchev–Trinajstić information content (AvgIpc) is 1.79. The van der Waals surface area contributed by atoms with Gasteiger partial charge in [0, 0.05) is 10.9 Å². The van der Waals surface area contributed by atoms with Crippen molar-refractivity contribution in [3.63, 3.8) is 0 Å². The third-order valence-corrected chi connectivity index (χ3v) is 2.38. The Morgan fingerprint density at radius 1 is 0.929 bits per heavy atom. The molecule has 14 heavy (non-hydrogen) atoms. The molecule has 0 heterocycles. The van der Waals surface area contributed by atoms with Crippen LogP contribution in [0.15, 0.2) is 0 Å². The maximum atomic E-state index is 12.0. The Morgan fingerprint density at radius 2 is 1.21 bits per heavy atom. The van der Waals surface area contributed by atoms with Crippen LogP contribution >= 0.6 is 15.9 Å². The van der Waals surface area contributed by atoms with Crippen molar-refractivity contribution < 1.29 is 26.3 Å². The highest BCUT2D eigenvalue weighted by atomic mass is 79.9. The van der Waals surface area contributed by atoms with Crippen LogP contribution in [0.3, 0.4) is 0 Å². The standard InChI is InChI=1S/C6H8BrF6N/c1-3(7)4(2)14(5(8,9)10)6(11,12)13/h3-4H,1-2H3/t3-,4+/m1/s1. The monoisotopic (exact) mass is 287 g/mol. The summed E-state index contributed by atoms with van der Waals surface area (Å²) in [5.41, 5.74) is 0. The summed E-state index contributed by atoms with van der Waals surface area (Å²) in [6.45, 7) is 2.07. The van der Waals surface area contributed by atoms with E-state index in [-0.39, 0.29) is 0 Å². The van der Waals surface area contributed by atoms with E-state index >= 15 is 0 Å². The zero-order valence-electron chi connectivity index (χ0n) is 7.25. The van der Waals surface area contributed by atoms with Crippen molar-refractivity contribution in [1.29, 1.82) is 0 Å². The maximum absolute atomic E-state index is 12.0. The predicted molar refractivity (Wildman–Crippen MR) is 41.8 cm³/mol. The van der Waals surface area contributed by atoms with Crippen LogP contribution in [0.1, 0.15) is 13.8 Å². The molecule has 2 atom stereocenters. The van der Waals surface area contributed by atoms with Gasteiger partial charge in [0.25, 0.3) is 0 Å². The second-order valence-corrected chi connectivity index (χ2v) is 4.17. The number of nitrogens with zero attached hydrogens (tertiary/aromatic N) is 1. The molecule has 0 N–H and O–H groups in total. The summed E-state index contributed by atoms with van der Waals surface area (Å²) in [4.78, 5) is -2.36. The largest absolute Gasteiger partial charge is 0.467 e. The van der Waals surface area contributed by atoms with Gasteiger partial charge in [-0.25, -0.2) is 0 Å². The minimum Gasteiger partial charge on any atom is -0.155 e. The van der Waals surface area contributed by atoms with Crippen LogP contribution in [-0.2, 0) is 0 Å². The SMILES string of the molecule is C[C@@H](Br)[C@H](C)N(C(F)(F)F)C(F)(F)F. The van der Waals surface area contributed by atoms with Crippen molar-refractivity contribution in [3.05, 3.63) is 0 Å². The van der Waals surface area contributed by atoms with E-state index in [0.29, 0.717) is 0 Å². The summed E-state index contributed by atoms with van der Waals surface area (Å²) in [6, 6.07) is -1.71. The Balaban J connectivity index is 4.94. The van der Waals surface area contributed by atoms with E-state index in [1.54, 1.807) is 0 Å². The molecule has 0 aliphatic heterocycles. The average molecular weight is 288 g/mol. The first-order chi connectivity index (χ1) is 5.98. The number of halogens is 7. The molecule has 8 heteroatoms. The molecule has 86 valence electrons. The van der Waals surface area contributed by atoms with Crippen LogP contribution in [0.4, 0.5) is 26.3 Å². The molecule has 0 radical (unpaired) electrons. The molecule has 0 bridgehead atoms. The van der Waals surface area contributed by atoms with Crippen LogP contribution in [0, 0.1) is 0 Å². The number of rotatable bonds is 2. The summed E-state index contributed by atoms with van der Waals surface area (Å²) in [7, 11) is 0. The molecule has 0 saturated heterocycles. The van der Waals surface area contributed by atoms with Crippen LogP contribution in [-0.4, -0.2) is 28.4 Å². The quantitative estimate of drug-likeness (QED) is 0.427. The second kappa shape index (κ2) is 4.26. The third kappa shape index (κ3) is 3.64. The van der Waals surface area contributed by atoms with Gasteiger partial charge in [-0.15, -0.1) is 4.90 Å². The van der Waals surface area contributed by atoms with Gasteiger partial charge in [0.1, 0.15) is 0 Å². The number of hydrogen-bond donors (Lipinski definition) is 0. The van der Waals surface area contributed by atoms with E-state index in [1.165, 1.54) is 6.92 Å². The van der Waals surface area contributed by atoms with Gasteiger partial charge in [-0.05, 0) is 6.92 Å². The van der Waals surface area contributed by atoms with Crippen LogP contribution in [0.2, 0.25) is 0 Å². The van der Waals surface area contributed by atoms with Crippen molar-refractivity contribution in [3.8, 4) is 0 Å². The minimum atomic E-state index is -5.42. The molecule has 1 nitrogen and oxygen atoms in total.